The third-order valence-electron chi connectivity index (χ3n) is 16.2. The van der Waals surface area contributed by atoms with Crippen LogP contribution in [0.1, 0.15) is 126 Å². The molecular weight excluding hydrogens is 995 g/mol. The number of allylic oxidation sites excluding steroid dienone is 6. The van der Waals surface area contributed by atoms with Crippen LogP contribution in [0.3, 0.4) is 0 Å². The molecule has 3 aliphatic heterocycles. The van der Waals surface area contributed by atoms with Gasteiger partial charge in [-0.25, -0.2) is 9.59 Å². The molecular formula is C58H93N3O16. The van der Waals surface area contributed by atoms with Crippen molar-refractivity contribution in [1.29, 1.82) is 0 Å². The third kappa shape index (κ3) is 19.0. The Hall–Kier alpha value is -4.18. The molecule has 1 aliphatic carbocycles. The topological polar surface area (TPSA) is 257 Å². The van der Waals surface area contributed by atoms with Gasteiger partial charge in [-0.05, 0) is 107 Å². The van der Waals surface area contributed by atoms with Gasteiger partial charge in [-0.3, -0.25) is 24.1 Å². The fourth-order valence-electron chi connectivity index (χ4n) is 11.3. The van der Waals surface area contributed by atoms with Gasteiger partial charge >= 0.3 is 12.1 Å². The molecule has 0 spiro atoms. The van der Waals surface area contributed by atoms with Crippen LogP contribution in [-0.4, -0.2) is 187 Å². The summed E-state index contributed by atoms with van der Waals surface area (Å²) >= 11 is 0. The highest BCUT2D eigenvalue weighted by atomic mass is 16.6. The van der Waals surface area contributed by atoms with Gasteiger partial charge in [0.05, 0.1) is 31.5 Å². The van der Waals surface area contributed by atoms with E-state index in [1.807, 2.05) is 56.1 Å². The zero-order valence-electron chi connectivity index (χ0n) is 47.6. The fraction of sp³-hybridized carbons (Fsp3) is 0.759. The van der Waals surface area contributed by atoms with Crippen LogP contribution >= 0.6 is 0 Å². The summed E-state index contributed by atoms with van der Waals surface area (Å²) in [5.74, 6) is -8.51. The summed E-state index contributed by atoms with van der Waals surface area (Å²) in [5, 5.41) is 45.0. The van der Waals surface area contributed by atoms with Gasteiger partial charge in [-0.15, -0.1) is 0 Å². The number of alkyl carbamates (subject to hydrolysis) is 1. The van der Waals surface area contributed by atoms with Crippen LogP contribution in [0.2, 0.25) is 0 Å². The molecule has 0 aromatic heterocycles. The number of ketones is 3. The number of methoxy groups -OCH3 is 3. The van der Waals surface area contributed by atoms with Crippen LogP contribution in [0.5, 0.6) is 0 Å². The van der Waals surface area contributed by atoms with Crippen LogP contribution in [0.15, 0.2) is 47.6 Å². The first-order chi connectivity index (χ1) is 36.6. The molecule has 0 aromatic carbocycles. The van der Waals surface area contributed by atoms with Gasteiger partial charge in [0, 0.05) is 84.6 Å². The standard InChI is InChI=1S/C58H93N3O16/c1-36-16-12-11-13-17-37(2)48(72-8)34-44-21-19-42(7)58(71,77-44)54(67)55(68)61-24-15-14-18-45(61)56(69)75-49(35-46(64)38(3)31-41(6)52(66)53(74-10)51(65)40(5)30-36)39(4)32-43-20-22-47(50(33-43)73-9)76-57(70)59-23-25-60(26-28-62)27-29-63/h11-13,16-17,31,36,38-40,42-45,47-50,52-53,62-63,66,71H,14-15,18-30,32-35H2,1-10H3,(H,59,70)/b13-11+,16-12-,37-17+,41-31+/t36?,38?,39?,40-,42-,43?,44?,45+,47-,48?,49?,50?,52-,53?,58-/m1/s1. The minimum atomic E-state index is -2.47. The Bertz CT molecular complexity index is 2050. The number of aliphatic hydroxyl groups is 4. The molecule has 2 saturated heterocycles. The minimum Gasteiger partial charge on any atom is -0.460 e. The van der Waals surface area contributed by atoms with E-state index in [1.54, 1.807) is 48.0 Å². The van der Waals surface area contributed by atoms with Gasteiger partial charge < -0.3 is 59.1 Å². The van der Waals surface area contributed by atoms with Crippen molar-refractivity contribution >= 4 is 35.3 Å². The lowest BCUT2D eigenvalue weighted by molar-refractivity contribution is -0.265. The van der Waals surface area contributed by atoms with Crippen molar-refractivity contribution in [3.05, 3.63) is 47.6 Å². The summed E-state index contributed by atoms with van der Waals surface area (Å²) in [4.78, 5) is 87.3. The van der Waals surface area contributed by atoms with E-state index in [1.165, 1.54) is 12.0 Å². The number of amides is 2. The van der Waals surface area contributed by atoms with E-state index in [-0.39, 0.29) is 62.5 Å². The van der Waals surface area contributed by atoms with Gasteiger partial charge in [0.15, 0.2) is 5.78 Å². The molecule has 3 fully saturated rings. The smallest absolute Gasteiger partial charge is 0.407 e. The summed E-state index contributed by atoms with van der Waals surface area (Å²) in [7, 11) is 4.48. The highest BCUT2D eigenvalue weighted by Gasteiger charge is 2.53. The average molecular weight is 1090 g/mol. The van der Waals surface area contributed by atoms with E-state index in [2.05, 4.69) is 5.32 Å². The second-order valence-electron chi connectivity index (χ2n) is 22.2. The normalized spacial score (nSPS) is 35.9. The predicted octanol–water partition coefficient (Wildman–Crippen LogP) is 5.20. The lowest BCUT2D eigenvalue weighted by atomic mass is 9.78. The Morgan fingerprint density at radius 3 is 2.23 bits per heavy atom. The summed E-state index contributed by atoms with van der Waals surface area (Å²) in [5.41, 5.74) is 1.22. The Morgan fingerprint density at radius 1 is 0.857 bits per heavy atom. The van der Waals surface area contributed by atoms with Gasteiger partial charge in [0.2, 0.25) is 5.79 Å². The number of fused-ring (bicyclic) bond motifs is 3. The molecule has 0 aromatic rings. The molecule has 4 rings (SSSR count). The molecule has 9 unspecified atom stereocenters. The summed E-state index contributed by atoms with van der Waals surface area (Å²) in [6.45, 7) is 13.8. The Balaban J connectivity index is 1.64. The largest absolute Gasteiger partial charge is 0.460 e. The van der Waals surface area contributed by atoms with Crippen molar-refractivity contribution in [2.75, 3.05) is 67.3 Å². The van der Waals surface area contributed by atoms with Crippen molar-refractivity contribution in [3.8, 4) is 0 Å². The number of hydrogen-bond donors (Lipinski definition) is 5. The highest BCUT2D eigenvalue weighted by Crippen LogP contribution is 2.38. The summed E-state index contributed by atoms with van der Waals surface area (Å²) in [6.07, 6.45) is 9.58. The van der Waals surface area contributed by atoms with Crippen LogP contribution in [-0.2, 0) is 52.4 Å². The van der Waals surface area contributed by atoms with Crippen LogP contribution < -0.4 is 5.32 Å². The lowest BCUT2D eigenvalue weighted by Crippen LogP contribution is -2.61. The number of esters is 1. The van der Waals surface area contributed by atoms with Crippen molar-refractivity contribution < 1.29 is 77.6 Å². The molecule has 2 amide bonds. The number of aliphatic hydroxyl groups excluding tert-OH is 3. The van der Waals surface area contributed by atoms with E-state index < -0.39 is 102 Å². The number of ether oxygens (including phenoxy) is 6. The quantitative estimate of drug-likeness (QED) is 0.0851. The van der Waals surface area contributed by atoms with E-state index >= 15 is 0 Å². The van der Waals surface area contributed by atoms with E-state index in [0.717, 1.165) is 5.57 Å². The molecule has 436 valence electrons. The number of Topliss-reactive ketones (excluding diaryl/α,β-unsaturated/α-hetero) is 3. The monoisotopic (exact) mass is 1090 g/mol. The van der Waals surface area contributed by atoms with Crippen molar-refractivity contribution in [1.82, 2.24) is 15.1 Å². The molecule has 4 aliphatic rings. The fourth-order valence-corrected chi connectivity index (χ4v) is 11.3. The molecule has 3 heterocycles. The number of nitrogens with one attached hydrogen (secondary N) is 1. The SMILES string of the molecule is COC1CC2CC[C@@H](C)[C@@](O)(O2)C(=O)C(=O)N2CCCC[C@H]2C(=O)OC(C(C)CC2CC[C@@H](OC(=O)NCCN(CCO)CCO)C(OC)C2)CC(=O)C(C)/C=C(\C)[C@@H](O)C(OC)C(=O)[C@H](C)CC(C)\C=C/C=C/C=C/1C. The molecule has 5 N–H and O–H groups in total. The van der Waals surface area contributed by atoms with E-state index in [4.69, 9.17) is 28.4 Å². The molecule has 1 saturated carbocycles. The van der Waals surface area contributed by atoms with Gasteiger partial charge in [0.25, 0.3) is 11.7 Å². The molecule has 19 heteroatoms. The second-order valence-corrected chi connectivity index (χ2v) is 22.2. The first kappa shape index (κ1) is 65.3. The van der Waals surface area contributed by atoms with E-state index in [0.29, 0.717) is 89.4 Å². The molecule has 0 radical (unpaired) electrons. The second kappa shape index (κ2) is 32.2. The third-order valence-corrected chi connectivity index (χ3v) is 16.2. The average Bonchev–Trinajstić information content (AvgIpc) is 3.41. The van der Waals surface area contributed by atoms with E-state index in [9.17, 15) is 49.2 Å². The Kier molecular flexibility index (Phi) is 27.3. The van der Waals surface area contributed by atoms with Gasteiger partial charge in [-0.2, -0.15) is 0 Å². The zero-order valence-corrected chi connectivity index (χ0v) is 47.6. The van der Waals surface area contributed by atoms with Gasteiger partial charge in [-0.1, -0.05) is 71.1 Å². The number of cyclic esters (lactones) is 1. The lowest BCUT2D eigenvalue weighted by Gasteiger charge is -2.42. The number of rotatable bonds is 14. The first-order valence-electron chi connectivity index (χ1n) is 28.0. The van der Waals surface area contributed by atoms with Crippen molar-refractivity contribution in [3.63, 3.8) is 0 Å². The number of piperidine rings is 1. The summed E-state index contributed by atoms with van der Waals surface area (Å²) < 4.78 is 35.6. The van der Waals surface area contributed by atoms with Crippen LogP contribution in [0.4, 0.5) is 4.79 Å². The predicted molar refractivity (Wildman–Crippen MR) is 288 cm³/mol. The minimum absolute atomic E-state index is 0.00482. The Morgan fingerprint density at radius 2 is 1.57 bits per heavy atom. The number of hydrogen-bond acceptors (Lipinski definition) is 17. The molecule has 2 bridgehead atoms. The number of carbonyl (C=O) groups excluding carboxylic acids is 6. The molecule has 15 atom stereocenters. The van der Waals surface area contributed by atoms with Gasteiger partial charge in [0.1, 0.15) is 36.2 Å². The summed E-state index contributed by atoms with van der Waals surface area (Å²) in [6, 6.07) is -1.19. The van der Waals surface area contributed by atoms with Crippen molar-refractivity contribution in [2.24, 2.45) is 35.5 Å². The highest BCUT2D eigenvalue weighted by molar-refractivity contribution is 6.39. The molecule has 77 heavy (non-hydrogen) atoms. The van der Waals surface area contributed by atoms with Crippen LogP contribution in [0, 0.1) is 35.5 Å². The first-order valence-corrected chi connectivity index (χ1v) is 28.0. The van der Waals surface area contributed by atoms with Crippen molar-refractivity contribution in [2.45, 2.75) is 180 Å². The zero-order chi connectivity index (χ0) is 57.0. The number of carbonyl (C=O) groups is 6. The number of nitrogens with zero attached hydrogens (tertiary/aromatic N) is 2. The maximum atomic E-state index is 14.6. The maximum Gasteiger partial charge on any atom is 0.407 e. The Labute approximate surface area is 457 Å². The van der Waals surface area contributed by atoms with Crippen LogP contribution in [0.25, 0.3) is 0 Å². The molecule has 19 nitrogen and oxygen atoms in total. The maximum absolute atomic E-state index is 14.6.